The molecule has 126 valence electrons. The molecule has 23 heavy (non-hydrogen) atoms. The van der Waals surface area contributed by atoms with E-state index in [1.165, 1.54) is 0 Å². The summed E-state index contributed by atoms with van der Waals surface area (Å²) in [6.07, 6.45) is 0. The molecule has 0 unspecified atom stereocenters. The number of halogens is 6. The average Bonchev–Trinajstić information content (AvgIpc) is 2.93. The molecule has 1 aromatic rings. The standard InChI is InChI=1S/C12H9Br6N3O2/c1-5(6-3-4-7(22-2)23-6)8-19-9(11(13,14)15)21-10(20-8)12(16,17)18/h3-4H,1-2H3,(H,19,20,21). The van der Waals surface area contributed by atoms with Crippen molar-refractivity contribution in [3.63, 3.8) is 0 Å². The summed E-state index contributed by atoms with van der Waals surface area (Å²) in [5.41, 5.74) is 0.762. The van der Waals surface area contributed by atoms with Gasteiger partial charge < -0.3 is 14.5 Å². The molecule has 11 heteroatoms. The molecule has 0 saturated heterocycles. The van der Waals surface area contributed by atoms with Gasteiger partial charge in [0, 0.05) is 11.6 Å². The number of allylic oxidation sites excluding steroid dienone is 1. The van der Waals surface area contributed by atoms with E-state index in [4.69, 9.17) is 9.15 Å². The van der Waals surface area contributed by atoms with Crippen LogP contribution in [0.4, 0.5) is 0 Å². The first-order valence-electron chi connectivity index (χ1n) is 5.96. The molecule has 0 aliphatic carbocycles. The van der Waals surface area contributed by atoms with E-state index >= 15 is 0 Å². The number of nitrogens with zero attached hydrogens (tertiary/aromatic N) is 2. The Morgan fingerprint density at radius 2 is 1.57 bits per heavy atom. The average molecular weight is 707 g/mol. The number of amidine groups is 2. The summed E-state index contributed by atoms with van der Waals surface area (Å²) in [5, 5.41) is 3.12. The molecule has 2 heterocycles. The number of alkyl halides is 6. The zero-order valence-corrected chi connectivity index (χ0v) is 21.1. The van der Waals surface area contributed by atoms with E-state index in [1.807, 2.05) is 6.92 Å². The highest BCUT2D eigenvalue weighted by Crippen LogP contribution is 2.40. The van der Waals surface area contributed by atoms with Gasteiger partial charge in [0.15, 0.2) is 10.1 Å². The van der Waals surface area contributed by atoms with E-state index in [-0.39, 0.29) is 0 Å². The van der Waals surface area contributed by atoms with Crippen molar-refractivity contribution in [3.8, 4) is 5.95 Å². The van der Waals surface area contributed by atoms with Crippen molar-refractivity contribution in [2.24, 2.45) is 9.98 Å². The van der Waals surface area contributed by atoms with Crippen molar-refractivity contribution in [3.05, 3.63) is 23.7 Å². The lowest BCUT2D eigenvalue weighted by Crippen LogP contribution is -2.45. The number of ether oxygens (including phenoxy) is 1. The second kappa shape index (κ2) is 7.61. The Bertz CT molecular complexity index is 664. The maximum atomic E-state index is 5.58. The van der Waals surface area contributed by atoms with Gasteiger partial charge in [0.25, 0.3) is 5.95 Å². The third-order valence-electron chi connectivity index (χ3n) is 2.70. The summed E-state index contributed by atoms with van der Waals surface area (Å²) in [5.74, 6) is 2.68. The highest BCUT2D eigenvalue weighted by Gasteiger charge is 2.36. The van der Waals surface area contributed by atoms with Crippen molar-refractivity contribution in [1.29, 1.82) is 0 Å². The van der Waals surface area contributed by atoms with Crippen LogP contribution >= 0.6 is 95.6 Å². The predicted molar refractivity (Wildman–Crippen MR) is 115 cm³/mol. The minimum atomic E-state index is -0.723. The fourth-order valence-electron chi connectivity index (χ4n) is 1.58. The van der Waals surface area contributed by atoms with E-state index in [9.17, 15) is 0 Å². The monoisotopic (exact) mass is 701 g/mol. The Hall–Kier alpha value is 0.840. The lowest BCUT2D eigenvalue weighted by Gasteiger charge is -2.26. The van der Waals surface area contributed by atoms with Crippen molar-refractivity contribution in [1.82, 2.24) is 5.32 Å². The molecule has 1 aliphatic heterocycles. The summed E-state index contributed by atoms with van der Waals surface area (Å²) in [6, 6.07) is 3.55. The van der Waals surface area contributed by atoms with Gasteiger partial charge in [-0.25, -0.2) is 9.98 Å². The molecular weight excluding hydrogens is 698 g/mol. The van der Waals surface area contributed by atoms with Crippen LogP contribution in [0.25, 0.3) is 5.57 Å². The number of furan rings is 1. The van der Waals surface area contributed by atoms with Crippen molar-refractivity contribution in [2.75, 3.05) is 7.11 Å². The summed E-state index contributed by atoms with van der Waals surface area (Å²) in [4.78, 5) is 9.04. The summed E-state index contributed by atoms with van der Waals surface area (Å²) < 4.78 is 9.20. The van der Waals surface area contributed by atoms with Crippen LogP contribution in [0, 0.1) is 0 Å². The second-order valence-electron chi connectivity index (χ2n) is 4.31. The van der Waals surface area contributed by atoms with Gasteiger partial charge in [0.2, 0.25) is 0 Å². The molecule has 0 spiro atoms. The van der Waals surface area contributed by atoms with Crippen LogP contribution in [-0.4, -0.2) is 23.1 Å². The van der Waals surface area contributed by atoms with Crippen LogP contribution in [0.1, 0.15) is 12.7 Å². The number of methoxy groups -OCH3 is 1. The minimum Gasteiger partial charge on any atom is -0.468 e. The Kier molecular flexibility index (Phi) is 6.67. The number of hydrogen-bond acceptors (Lipinski definition) is 5. The first-order valence-corrected chi connectivity index (χ1v) is 10.7. The van der Waals surface area contributed by atoms with E-state index in [1.54, 1.807) is 19.2 Å². The first-order chi connectivity index (χ1) is 10.5. The molecule has 0 aromatic carbocycles. The van der Waals surface area contributed by atoms with Gasteiger partial charge in [0.05, 0.1) is 7.11 Å². The van der Waals surface area contributed by atoms with Crippen molar-refractivity contribution >= 4 is 113 Å². The summed E-state index contributed by atoms with van der Waals surface area (Å²) >= 11 is 20.7. The molecule has 0 radical (unpaired) electrons. The van der Waals surface area contributed by atoms with Crippen LogP contribution in [0.15, 0.2) is 32.4 Å². The molecule has 0 bridgehead atoms. The van der Waals surface area contributed by atoms with Crippen LogP contribution in [0.2, 0.25) is 0 Å². The number of hydrogen-bond donors (Lipinski definition) is 1. The molecule has 0 amide bonds. The summed E-state index contributed by atoms with van der Waals surface area (Å²) in [6.45, 7) is 1.87. The third kappa shape index (κ3) is 5.16. The molecular formula is C12H9Br6N3O2. The smallest absolute Gasteiger partial charge is 0.284 e. The lowest BCUT2D eigenvalue weighted by molar-refractivity contribution is 0.302. The first kappa shape index (κ1) is 20.2. The molecule has 2 rings (SSSR count). The summed E-state index contributed by atoms with van der Waals surface area (Å²) in [7, 11) is 1.55. The molecule has 1 aromatic heterocycles. The van der Waals surface area contributed by atoms with Gasteiger partial charge in [-0.05, 0) is 13.0 Å². The van der Waals surface area contributed by atoms with Crippen LogP contribution < -0.4 is 10.1 Å². The Balaban J connectivity index is 2.55. The number of nitrogens with one attached hydrogen (secondary N) is 1. The van der Waals surface area contributed by atoms with Crippen LogP contribution in [-0.2, 0) is 0 Å². The van der Waals surface area contributed by atoms with Crippen LogP contribution in [0.5, 0.6) is 5.95 Å². The second-order valence-corrected chi connectivity index (χ2v) is 17.8. The molecule has 1 N–H and O–H groups in total. The molecule has 0 saturated carbocycles. The number of aliphatic imine (C=N–C) groups is 2. The topological polar surface area (TPSA) is 59.1 Å². The Morgan fingerprint density at radius 1 is 1.04 bits per heavy atom. The highest BCUT2D eigenvalue weighted by molar-refractivity contribution is 9.40. The molecule has 0 fully saturated rings. The van der Waals surface area contributed by atoms with Gasteiger partial charge in [0.1, 0.15) is 17.4 Å². The van der Waals surface area contributed by atoms with E-state index in [0.717, 1.165) is 5.57 Å². The molecule has 1 aliphatic rings. The van der Waals surface area contributed by atoms with Gasteiger partial charge in [-0.15, -0.1) is 0 Å². The molecule has 5 nitrogen and oxygen atoms in total. The fraction of sp³-hybridized carbons (Fsp3) is 0.333. The zero-order valence-electron chi connectivity index (χ0n) is 11.6. The van der Waals surface area contributed by atoms with Crippen LogP contribution in [0.3, 0.4) is 0 Å². The van der Waals surface area contributed by atoms with Gasteiger partial charge in [-0.2, -0.15) is 0 Å². The minimum absolute atomic E-state index is 0.425. The van der Waals surface area contributed by atoms with Gasteiger partial charge in [-0.3, -0.25) is 0 Å². The predicted octanol–water partition coefficient (Wildman–Crippen LogP) is 6.05. The largest absolute Gasteiger partial charge is 0.468 e. The highest BCUT2D eigenvalue weighted by atomic mass is 80.0. The number of rotatable bonds is 2. The third-order valence-corrected chi connectivity index (χ3v) is 4.95. The van der Waals surface area contributed by atoms with E-state index in [0.29, 0.717) is 29.2 Å². The normalized spacial score (nSPS) is 15.7. The maximum absolute atomic E-state index is 5.58. The quantitative estimate of drug-likeness (QED) is 0.381. The van der Waals surface area contributed by atoms with Crippen molar-refractivity contribution in [2.45, 2.75) is 11.2 Å². The SMILES string of the molecule is COc1ccc(C(C)=C2N=C(C(Br)(Br)Br)NC(C(Br)(Br)Br)=N2)o1. The fourth-order valence-corrected chi connectivity index (χ4v) is 2.71. The Morgan fingerprint density at radius 3 is 1.96 bits per heavy atom. The zero-order chi connectivity index (χ0) is 17.4. The maximum Gasteiger partial charge on any atom is 0.284 e. The van der Waals surface area contributed by atoms with Gasteiger partial charge in [-0.1, -0.05) is 95.6 Å². The van der Waals surface area contributed by atoms with E-state index < -0.39 is 4.29 Å². The van der Waals surface area contributed by atoms with E-state index in [2.05, 4.69) is 111 Å². The van der Waals surface area contributed by atoms with Gasteiger partial charge >= 0.3 is 0 Å². The van der Waals surface area contributed by atoms with Crippen molar-refractivity contribution < 1.29 is 9.15 Å². The molecule has 0 atom stereocenters. The Labute approximate surface area is 183 Å². The lowest BCUT2D eigenvalue weighted by atomic mass is 10.2.